The minimum atomic E-state index is -0.477. The summed E-state index contributed by atoms with van der Waals surface area (Å²) < 4.78 is 12.4. The first-order valence-corrected chi connectivity index (χ1v) is 4.74. The van der Waals surface area contributed by atoms with Gasteiger partial charge in [0.05, 0.1) is 6.20 Å². The Bertz CT molecular complexity index is 339. The Morgan fingerprint density at radius 1 is 1.71 bits per heavy atom. The van der Waals surface area contributed by atoms with Gasteiger partial charge in [0.1, 0.15) is 16.5 Å². The van der Waals surface area contributed by atoms with Crippen molar-refractivity contribution in [3.63, 3.8) is 0 Å². The highest BCUT2D eigenvalue weighted by Gasteiger charge is 2.10. The van der Waals surface area contributed by atoms with Crippen LogP contribution in [0.15, 0.2) is 31.0 Å². The van der Waals surface area contributed by atoms with Crippen molar-refractivity contribution in [3.05, 3.63) is 36.8 Å². The van der Waals surface area contributed by atoms with Crippen molar-refractivity contribution < 1.29 is 9.18 Å². The van der Waals surface area contributed by atoms with Gasteiger partial charge in [-0.15, -0.1) is 6.58 Å². The van der Waals surface area contributed by atoms with Gasteiger partial charge in [0.25, 0.3) is 0 Å². The van der Waals surface area contributed by atoms with Crippen LogP contribution in [0.25, 0.3) is 0 Å². The van der Waals surface area contributed by atoms with E-state index >= 15 is 0 Å². The molecule has 0 saturated heterocycles. The van der Waals surface area contributed by atoms with Crippen LogP contribution in [0.1, 0.15) is 0 Å². The molecule has 0 aliphatic carbocycles. The van der Waals surface area contributed by atoms with Gasteiger partial charge in [-0.3, -0.25) is 4.79 Å². The van der Waals surface area contributed by atoms with E-state index in [1.54, 1.807) is 0 Å². The lowest BCUT2D eigenvalue weighted by atomic mass is 10.4. The van der Waals surface area contributed by atoms with Gasteiger partial charge in [-0.05, 0) is 12.1 Å². The maximum absolute atomic E-state index is 12.4. The summed E-state index contributed by atoms with van der Waals surface area (Å²) in [6.45, 7) is 3.45. The number of nitrogens with one attached hydrogen (secondary N) is 1. The molecule has 0 saturated carbocycles. The normalized spacial score (nSPS) is 11.9. The van der Waals surface area contributed by atoms with Crippen LogP contribution in [-0.4, -0.2) is 15.7 Å². The highest BCUT2D eigenvalue weighted by Crippen LogP contribution is 2.07. The number of carbonyl (C=O) groups is 1. The molecule has 0 bridgehead atoms. The first-order chi connectivity index (χ1) is 6.63. The van der Waals surface area contributed by atoms with E-state index in [2.05, 4.69) is 32.8 Å². The molecule has 0 aromatic carbocycles. The summed E-state index contributed by atoms with van der Waals surface area (Å²) in [5, 5.41) is 2.48. The fourth-order valence-electron chi connectivity index (χ4n) is 0.752. The Morgan fingerprint density at radius 3 is 2.93 bits per heavy atom. The first-order valence-electron chi connectivity index (χ1n) is 3.82. The molecule has 5 heteroatoms. The standard InChI is InChI=1S/C9H8BrFN2O/c1-2-7(10)9(14)13-8-4-3-6(11)5-12-8/h2-5,7H,1H2,(H,12,13,14)/t7-/m1/s1. The van der Waals surface area contributed by atoms with Crippen LogP contribution in [0.3, 0.4) is 0 Å². The SMILES string of the molecule is C=C[C@@H](Br)C(=O)Nc1ccc(F)cn1. The van der Waals surface area contributed by atoms with E-state index in [9.17, 15) is 9.18 Å². The van der Waals surface area contributed by atoms with Crippen molar-refractivity contribution in [2.45, 2.75) is 4.83 Å². The van der Waals surface area contributed by atoms with E-state index in [1.165, 1.54) is 18.2 Å². The van der Waals surface area contributed by atoms with Crippen LogP contribution in [0.2, 0.25) is 0 Å². The van der Waals surface area contributed by atoms with Crippen LogP contribution < -0.4 is 5.32 Å². The molecule has 1 aromatic heterocycles. The first kappa shape index (κ1) is 10.8. The molecule has 14 heavy (non-hydrogen) atoms. The highest BCUT2D eigenvalue weighted by atomic mass is 79.9. The van der Waals surface area contributed by atoms with Gasteiger partial charge in [0.15, 0.2) is 0 Å². The number of halogens is 2. The summed E-state index contributed by atoms with van der Waals surface area (Å²) in [5.41, 5.74) is 0. The van der Waals surface area contributed by atoms with Crippen molar-refractivity contribution in [1.29, 1.82) is 0 Å². The van der Waals surface area contributed by atoms with E-state index < -0.39 is 10.6 Å². The van der Waals surface area contributed by atoms with Gasteiger partial charge in [-0.25, -0.2) is 9.37 Å². The molecule has 0 unspecified atom stereocenters. The fourth-order valence-corrected chi connectivity index (χ4v) is 0.866. The maximum Gasteiger partial charge on any atom is 0.243 e. The highest BCUT2D eigenvalue weighted by molar-refractivity contribution is 9.10. The van der Waals surface area contributed by atoms with E-state index in [4.69, 9.17) is 0 Å². The minimum Gasteiger partial charge on any atom is -0.309 e. The molecule has 0 radical (unpaired) electrons. The maximum atomic E-state index is 12.4. The quantitative estimate of drug-likeness (QED) is 0.667. The number of aromatic nitrogens is 1. The third-order valence-corrected chi connectivity index (χ3v) is 2.23. The lowest BCUT2D eigenvalue weighted by Gasteiger charge is -2.05. The van der Waals surface area contributed by atoms with Crippen molar-refractivity contribution in [3.8, 4) is 0 Å². The second-order valence-corrected chi connectivity index (χ2v) is 3.47. The molecule has 3 nitrogen and oxygen atoms in total. The number of hydrogen-bond donors (Lipinski definition) is 1. The fraction of sp³-hybridized carbons (Fsp3) is 0.111. The van der Waals surface area contributed by atoms with E-state index in [1.807, 2.05) is 0 Å². The monoisotopic (exact) mass is 258 g/mol. The lowest BCUT2D eigenvalue weighted by Crippen LogP contribution is -2.21. The molecule has 0 aliphatic heterocycles. The van der Waals surface area contributed by atoms with Gasteiger partial charge < -0.3 is 5.32 Å². The average molecular weight is 259 g/mol. The Balaban J connectivity index is 2.65. The van der Waals surface area contributed by atoms with E-state index in [-0.39, 0.29) is 5.91 Å². The zero-order chi connectivity index (χ0) is 10.6. The van der Waals surface area contributed by atoms with Crippen molar-refractivity contribution in [2.75, 3.05) is 5.32 Å². The smallest absolute Gasteiger partial charge is 0.243 e. The van der Waals surface area contributed by atoms with Crippen molar-refractivity contribution in [1.82, 2.24) is 4.98 Å². The number of carbonyl (C=O) groups excluding carboxylic acids is 1. The predicted octanol–water partition coefficient (Wildman–Crippen LogP) is 2.11. The van der Waals surface area contributed by atoms with Gasteiger partial charge >= 0.3 is 0 Å². The second-order valence-electron chi connectivity index (χ2n) is 2.49. The molecular weight excluding hydrogens is 251 g/mol. The molecule has 1 heterocycles. The number of nitrogens with zero attached hydrogens (tertiary/aromatic N) is 1. The Labute approximate surface area is 89.2 Å². The molecule has 74 valence electrons. The molecule has 1 N–H and O–H groups in total. The van der Waals surface area contributed by atoms with Gasteiger partial charge in [0.2, 0.25) is 5.91 Å². The molecule has 0 fully saturated rings. The third-order valence-electron chi connectivity index (χ3n) is 1.44. The Morgan fingerprint density at radius 2 is 2.43 bits per heavy atom. The van der Waals surface area contributed by atoms with Gasteiger partial charge in [-0.1, -0.05) is 22.0 Å². The summed E-state index contributed by atoms with van der Waals surface area (Å²) in [6, 6.07) is 2.61. The van der Waals surface area contributed by atoms with Gasteiger partial charge in [0, 0.05) is 0 Å². The van der Waals surface area contributed by atoms with Crippen molar-refractivity contribution >= 4 is 27.7 Å². The van der Waals surface area contributed by atoms with Crippen molar-refractivity contribution in [2.24, 2.45) is 0 Å². The molecule has 1 atom stereocenters. The number of anilines is 1. The molecule has 1 amide bonds. The van der Waals surface area contributed by atoms with Crippen LogP contribution in [-0.2, 0) is 4.79 Å². The largest absolute Gasteiger partial charge is 0.309 e. The van der Waals surface area contributed by atoms with Crippen LogP contribution >= 0.6 is 15.9 Å². The number of pyridine rings is 1. The number of amides is 1. The molecular formula is C9H8BrFN2O. The van der Waals surface area contributed by atoms with Gasteiger partial charge in [-0.2, -0.15) is 0 Å². The summed E-state index contributed by atoms with van der Waals surface area (Å²) in [6.07, 6.45) is 2.48. The van der Waals surface area contributed by atoms with E-state index in [0.29, 0.717) is 5.82 Å². The Kier molecular flexibility index (Phi) is 3.76. The second kappa shape index (κ2) is 4.85. The predicted molar refractivity (Wildman–Crippen MR) is 55.7 cm³/mol. The number of rotatable bonds is 3. The van der Waals surface area contributed by atoms with E-state index in [0.717, 1.165) is 6.20 Å². The number of alkyl halides is 1. The lowest BCUT2D eigenvalue weighted by molar-refractivity contribution is -0.114. The summed E-state index contributed by atoms with van der Waals surface area (Å²) in [7, 11) is 0. The zero-order valence-electron chi connectivity index (χ0n) is 7.21. The van der Waals surface area contributed by atoms with Crippen LogP contribution in [0.4, 0.5) is 10.2 Å². The summed E-state index contributed by atoms with van der Waals surface area (Å²) in [5.74, 6) is -0.427. The summed E-state index contributed by atoms with van der Waals surface area (Å²) in [4.78, 5) is 14.5. The topological polar surface area (TPSA) is 42.0 Å². The van der Waals surface area contributed by atoms with Crippen LogP contribution in [0, 0.1) is 5.82 Å². The summed E-state index contributed by atoms with van der Waals surface area (Å²) >= 11 is 3.08. The average Bonchev–Trinajstić information content (AvgIpc) is 2.20. The third kappa shape index (κ3) is 2.92. The molecule has 1 rings (SSSR count). The Hall–Kier alpha value is -1.23. The van der Waals surface area contributed by atoms with Crippen LogP contribution in [0.5, 0.6) is 0 Å². The molecule has 0 aliphatic rings. The zero-order valence-corrected chi connectivity index (χ0v) is 8.79. The molecule has 1 aromatic rings. The number of hydrogen-bond acceptors (Lipinski definition) is 2. The minimum absolute atomic E-state index is 0.292. The molecule has 0 spiro atoms.